The number of rotatable bonds is 7. The third-order valence-electron chi connectivity index (χ3n) is 6.69. The maximum absolute atomic E-state index is 12.9. The zero-order valence-corrected chi connectivity index (χ0v) is 23.1. The summed E-state index contributed by atoms with van der Waals surface area (Å²) in [6.07, 6.45) is 0.663. The Morgan fingerprint density at radius 3 is 2.21 bits per heavy atom. The number of aryl methyl sites for hydroxylation is 2. The largest absolute Gasteiger partial charge is 0.497 e. The van der Waals surface area contributed by atoms with Crippen LogP contribution < -0.4 is 14.8 Å². The van der Waals surface area contributed by atoms with Crippen molar-refractivity contribution in [1.29, 1.82) is 0 Å². The van der Waals surface area contributed by atoms with Crippen LogP contribution in [0.5, 0.6) is 11.5 Å². The molecule has 3 aromatic rings. The van der Waals surface area contributed by atoms with Gasteiger partial charge in [0.15, 0.2) is 5.17 Å². The number of anilines is 1. The van der Waals surface area contributed by atoms with Crippen LogP contribution in [-0.2, 0) is 9.59 Å². The summed E-state index contributed by atoms with van der Waals surface area (Å²) in [6.45, 7) is 4.11. The van der Waals surface area contributed by atoms with Crippen LogP contribution in [0.2, 0.25) is 0 Å². The first-order chi connectivity index (χ1) is 18.8. The van der Waals surface area contributed by atoms with E-state index in [1.807, 2.05) is 5.01 Å². The lowest BCUT2D eigenvalue weighted by Crippen LogP contribution is -2.25. The van der Waals surface area contributed by atoms with Crippen LogP contribution in [-0.4, -0.2) is 47.2 Å². The number of nitrogens with one attached hydrogen (secondary N) is 1. The summed E-state index contributed by atoms with van der Waals surface area (Å²) in [7, 11) is 3.09. The van der Waals surface area contributed by atoms with E-state index < -0.39 is 5.25 Å². The molecule has 0 fully saturated rings. The number of amides is 2. The van der Waals surface area contributed by atoms with Crippen LogP contribution in [0.1, 0.15) is 41.1 Å². The second-order valence-electron chi connectivity index (χ2n) is 9.58. The summed E-state index contributed by atoms with van der Waals surface area (Å²) in [5.41, 5.74) is 5.95. The van der Waals surface area contributed by atoms with Gasteiger partial charge in [-0.2, -0.15) is 10.1 Å². The minimum atomic E-state index is -0.634. The third kappa shape index (κ3) is 5.98. The number of carbonyl (C=O) groups is 2. The SMILES string of the molecule is COc1cc(NC(=O)C[C@@H]2SC(N3N=C(c4ccc(C)cc4)C[C@H]3c3ccc(C)cc3)=NC2=O)cc(OC)c1. The molecule has 0 bridgehead atoms. The van der Waals surface area contributed by atoms with E-state index in [1.165, 1.54) is 22.9 Å². The van der Waals surface area contributed by atoms with E-state index in [0.717, 1.165) is 16.8 Å². The summed E-state index contributed by atoms with van der Waals surface area (Å²) < 4.78 is 10.5. The lowest BCUT2D eigenvalue weighted by Gasteiger charge is -2.23. The first-order valence-corrected chi connectivity index (χ1v) is 13.5. The minimum Gasteiger partial charge on any atom is -0.497 e. The molecule has 200 valence electrons. The average molecular weight is 543 g/mol. The van der Waals surface area contributed by atoms with Gasteiger partial charge in [-0.15, -0.1) is 0 Å². The van der Waals surface area contributed by atoms with Gasteiger partial charge in [0, 0.05) is 36.7 Å². The number of hydrogen-bond acceptors (Lipinski definition) is 7. The Morgan fingerprint density at radius 2 is 1.59 bits per heavy atom. The molecule has 1 N–H and O–H groups in total. The lowest BCUT2D eigenvalue weighted by molar-refractivity contribution is -0.121. The Labute approximate surface area is 232 Å². The number of amidine groups is 1. The van der Waals surface area contributed by atoms with Gasteiger partial charge in [0.05, 0.1) is 26.0 Å². The van der Waals surface area contributed by atoms with Crippen LogP contribution in [0.4, 0.5) is 5.69 Å². The van der Waals surface area contributed by atoms with E-state index in [0.29, 0.717) is 28.8 Å². The number of benzene rings is 3. The number of nitrogens with zero attached hydrogens (tertiary/aromatic N) is 3. The Bertz CT molecular complexity index is 1430. The third-order valence-corrected chi connectivity index (χ3v) is 7.83. The topological polar surface area (TPSA) is 92.6 Å². The van der Waals surface area contributed by atoms with Crippen LogP contribution in [0, 0.1) is 13.8 Å². The van der Waals surface area contributed by atoms with E-state index in [9.17, 15) is 9.59 Å². The normalized spacial score (nSPS) is 18.6. The van der Waals surface area contributed by atoms with Crippen molar-refractivity contribution in [2.75, 3.05) is 19.5 Å². The monoisotopic (exact) mass is 542 g/mol. The molecule has 8 nitrogen and oxygen atoms in total. The average Bonchev–Trinajstić information content (AvgIpc) is 3.53. The van der Waals surface area contributed by atoms with Gasteiger partial charge >= 0.3 is 0 Å². The van der Waals surface area contributed by atoms with Crippen molar-refractivity contribution in [3.8, 4) is 11.5 Å². The van der Waals surface area contributed by atoms with Crippen molar-refractivity contribution in [1.82, 2.24) is 5.01 Å². The molecular formula is C30H30N4O4S. The van der Waals surface area contributed by atoms with Crippen molar-refractivity contribution in [2.24, 2.45) is 10.1 Å². The fourth-order valence-corrected chi connectivity index (χ4v) is 5.58. The van der Waals surface area contributed by atoms with Gasteiger partial charge in [0.1, 0.15) is 16.7 Å². The molecule has 2 atom stereocenters. The molecule has 3 aromatic carbocycles. The molecule has 2 amide bonds. The summed E-state index contributed by atoms with van der Waals surface area (Å²) in [6, 6.07) is 21.6. The Hall–Kier alpha value is -4.11. The standard InChI is InChI=1S/C30H30N4O4S/c1-18-5-9-20(10-6-18)25-16-26(21-11-7-19(2)8-12-21)34(33-25)30-32-29(36)27(39-30)17-28(35)31-22-13-23(37-3)15-24(14-22)38-4/h5-15,26-27H,16-17H2,1-4H3,(H,31,35)/t26-,27-/m0/s1. The predicted octanol–water partition coefficient (Wildman–Crippen LogP) is 5.50. The van der Waals surface area contributed by atoms with Gasteiger partial charge in [-0.1, -0.05) is 71.4 Å². The molecule has 39 heavy (non-hydrogen) atoms. The molecule has 2 heterocycles. The fourth-order valence-electron chi connectivity index (χ4n) is 4.52. The second kappa shape index (κ2) is 11.3. The summed E-state index contributed by atoms with van der Waals surface area (Å²) in [5.74, 6) is 0.475. The molecule has 0 radical (unpaired) electrons. The number of thioether (sulfide) groups is 1. The van der Waals surface area contributed by atoms with E-state index in [1.54, 1.807) is 32.4 Å². The number of carbonyl (C=O) groups excluding carboxylic acids is 2. The lowest BCUT2D eigenvalue weighted by atomic mass is 9.97. The van der Waals surface area contributed by atoms with Crippen LogP contribution in [0.25, 0.3) is 0 Å². The van der Waals surface area contributed by atoms with Gasteiger partial charge in [-0.05, 0) is 25.0 Å². The van der Waals surface area contributed by atoms with Crippen molar-refractivity contribution in [3.63, 3.8) is 0 Å². The van der Waals surface area contributed by atoms with Gasteiger partial charge in [0.2, 0.25) is 5.91 Å². The number of hydrogen-bond donors (Lipinski definition) is 1. The maximum atomic E-state index is 12.9. The highest BCUT2D eigenvalue weighted by Gasteiger charge is 2.39. The highest BCUT2D eigenvalue weighted by Crippen LogP contribution is 2.39. The van der Waals surface area contributed by atoms with Gasteiger partial charge < -0.3 is 14.8 Å². The Balaban J connectivity index is 1.33. The fraction of sp³-hybridized carbons (Fsp3) is 0.267. The second-order valence-corrected chi connectivity index (χ2v) is 10.8. The zero-order chi connectivity index (χ0) is 27.5. The van der Waals surface area contributed by atoms with E-state index in [2.05, 4.69) is 72.7 Å². The van der Waals surface area contributed by atoms with E-state index >= 15 is 0 Å². The molecular weight excluding hydrogens is 512 g/mol. The number of ether oxygens (including phenoxy) is 2. The molecule has 5 rings (SSSR count). The molecule has 0 aromatic heterocycles. The number of aliphatic imine (C=N–C) groups is 1. The van der Waals surface area contributed by atoms with Gasteiger partial charge in [-0.3, -0.25) is 9.59 Å². The highest BCUT2D eigenvalue weighted by molar-refractivity contribution is 8.15. The smallest absolute Gasteiger partial charge is 0.262 e. The molecule has 0 saturated heterocycles. The van der Waals surface area contributed by atoms with Crippen LogP contribution in [0.3, 0.4) is 0 Å². The van der Waals surface area contributed by atoms with Crippen molar-refractivity contribution >= 4 is 40.1 Å². The predicted molar refractivity (Wildman–Crippen MR) is 155 cm³/mol. The molecule has 2 aliphatic heterocycles. The quantitative estimate of drug-likeness (QED) is 0.424. The summed E-state index contributed by atoms with van der Waals surface area (Å²) in [5, 5.41) is 9.48. The molecule has 0 spiro atoms. The molecule has 0 saturated carbocycles. The minimum absolute atomic E-state index is 0.0202. The van der Waals surface area contributed by atoms with Crippen molar-refractivity contribution in [3.05, 3.63) is 89.0 Å². The highest BCUT2D eigenvalue weighted by atomic mass is 32.2. The van der Waals surface area contributed by atoms with Crippen LogP contribution >= 0.6 is 11.8 Å². The van der Waals surface area contributed by atoms with Crippen LogP contribution in [0.15, 0.2) is 76.8 Å². The molecule has 9 heteroatoms. The summed E-state index contributed by atoms with van der Waals surface area (Å²) in [4.78, 5) is 30.1. The Kier molecular flexibility index (Phi) is 7.70. The zero-order valence-electron chi connectivity index (χ0n) is 22.3. The molecule has 0 unspecified atom stereocenters. The molecule has 2 aliphatic rings. The van der Waals surface area contributed by atoms with E-state index in [-0.39, 0.29) is 24.3 Å². The Morgan fingerprint density at radius 1 is 0.974 bits per heavy atom. The van der Waals surface area contributed by atoms with Gasteiger partial charge in [0.25, 0.3) is 5.91 Å². The van der Waals surface area contributed by atoms with Gasteiger partial charge in [-0.25, -0.2) is 5.01 Å². The van der Waals surface area contributed by atoms with E-state index in [4.69, 9.17) is 14.6 Å². The number of methoxy groups -OCH3 is 2. The summed E-state index contributed by atoms with van der Waals surface area (Å²) >= 11 is 1.28. The maximum Gasteiger partial charge on any atom is 0.262 e. The first-order valence-electron chi connectivity index (χ1n) is 12.7. The number of hydrazone groups is 1. The molecule has 0 aliphatic carbocycles. The van der Waals surface area contributed by atoms with Crippen molar-refractivity contribution < 1.29 is 19.1 Å². The van der Waals surface area contributed by atoms with Crippen molar-refractivity contribution in [2.45, 2.75) is 38.0 Å². The first kappa shape index (κ1) is 26.5.